The molecule has 20 heavy (non-hydrogen) atoms. The Labute approximate surface area is 127 Å². The zero-order chi connectivity index (χ0) is 15.1. The first-order valence-electron chi connectivity index (χ1n) is 6.35. The van der Waals surface area contributed by atoms with Gasteiger partial charge in [-0.2, -0.15) is 0 Å². The summed E-state index contributed by atoms with van der Waals surface area (Å²) >= 11 is 7.12. The summed E-state index contributed by atoms with van der Waals surface area (Å²) in [5, 5.41) is 8.89. The molecule has 0 bridgehead atoms. The molecule has 1 N–H and O–H groups in total. The van der Waals surface area contributed by atoms with E-state index in [-0.39, 0.29) is 21.8 Å². The van der Waals surface area contributed by atoms with Crippen molar-refractivity contribution in [1.82, 2.24) is 0 Å². The van der Waals surface area contributed by atoms with Crippen molar-refractivity contribution in [3.8, 4) is 0 Å². The van der Waals surface area contributed by atoms with Crippen LogP contribution < -0.4 is 0 Å². The molecule has 1 rings (SSSR count). The lowest BCUT2D eigenvalue weighted by Gasteiger charge is -2.14. The van der Waals surface area contributed by atoms with E-state index in [0.717, 1.165) is 6.42 Å². The Hall–Kier alpha value is -1.20. The van der Waals surface area contributed by atoms with Crippen molar-refractivity contribution in [3.05, 3.63) is 28.8 Å². The minimum atomic E-state index is -1.08. The monoisotopic (exact) mass is 316 g/mol. The molecule has 6 heteroatoms. The molecule has 0 amide bonds. The molecule has 0 aliphatic carbocycles. The van der Waals surface area contributed by atoms with Crippen LogP contribution in [0.2, 0.25) is 5.02 Å². The van der Waals surface area contributed by atoms with Crippen LogP contribution in [0.4, 0.5) is 0 Å². The zero-order valence-corrected chi connectivity index (χ0v) is 13.0. The summed E-state index contributed by atoms with van der Waals surface area (Å²) in [6.45, 7) is 4.08. The largest absolute Gasteiger partial charge is 0.478 e. The van der Waals surface area contributed by atoms with Crippen LogP contribution in [0.3, 0.4) is 0 Å². The second-order valence-electron chi connectivity index (χ2n) is 4.09. The van der Waals surface area contributed by atoms with E-state index in [1.807, 2.05) is 6.92 Å². The van der Waals surface area contributed by atoms with E-state index in [1.54, 1.807) is 13.0 Å². The molecule has 4 nitrogen and oxygen atoms in total. The Morgan fingerprint density at radius 2 is 2.10 bits per heavy atom. The third-order valence-electron chi connectivity index (χ3n) is 2.55. The number of thioether (sulfide) groups is 1. The van der Waals surface area contributed by atoms with Gasteiger partial charge < -0.3 is 9.84 Å². The van der Waals surface area contributed by atoms with Gasteiger partial charge in [0.1, 0.15) is 5.25 Å². The van der Waals surface area contributed by atoms with Gasteiger partial charge in [0.05, 0.1) is 17.2 Å². The van der Waals surface area contributed by atoms with Crippen LogP contribution in [0.5, 0.6) is 0 Å². The van der Waals surface area contributed by atoms with Gasteiger partial charge in [-0.15, -0.1) is 11.8 Å². The maximum absolute atomic E-state index is 11.8. The van der Waals surface area contributed by atoms with Crippen LogP contribution in [0, 0.1) is 0 Å². The summed E-state index contributed by atoms with van der Waals surface area (Å²) in [4.78, 5) is 23.6. The Morgan fingerprint density at radius 3 is 2.65 bits per heavy atom. The first-order valence-corrected chi connectivity index (χ1v) is 7.61. The average Bonchev–Trinajstić information content (AvgIpc) is 2.40. The molecule has 1 unspecified atom stereocenters. The Bertz CT molecular complexity index is 490. The topological polar surface area (TPSA) is 63.6 Å². The molecule has 0 aromatic heterocycles. The van der Waals surface area contributed by atoms with Crippen LogP contribution >= 0.6 is 23.4 Å². The van der Waals surface area contributed by atoms with E-state index in [1.165, 1.54) is 23.9 Å². The van der Waals surface area contributed by atoms with Crippen molar-refractivity contribution in [2.45, 2.75) is 36.8 Å². The number of ether oxygens (including phenoxy) is 1. The quantitative estimate of drug-likeness (QED) is 0.611. The van der Waals surface area contributed by atoms with Gasteiger partial charge >= 0.3 is 11.9 Å². The fraction of sp³-hybridized carbons (Fsp3) is 0.429. The van der Waals surface area contributed by atoms with Crippen LogP contribution in [0.1, 0.15) is 37.0 Å². The van der Waals surface area contributed by atoms with Gasteiger partial charge in [0.25, 0.3) is 0 Å². The van der Waals surface area contributed by atoms with E-state index in [0.29, 0.717) is 17.9 Å². The second kappa shape index (κ2) is 8.17. The number of benzene rings is 1. The molecule has 110 valence electrons. The number of carboxylic acids is 1. The highest BCUT2D eigenvalue weighted by Gasteiger charge is 2.21. The van der Waals surface area contributed by atoms with Gasteiger partial charge in [-0.25, -0.2) is 4.79 Å². The number of hydrogen-bond donors (Lipinski definition) is 1. The number of esters is 1. The fourth-order valence-electron chi connectivity index (χ4n) is 1.63. The Kier molecular flexibility index (Phi) is 6.88. The van der Waals surface area contributed by atoms with Crippen molar-refractivity contribution >= 4 is 35.3 Å². The van der Waals surface area contributed by atoms with E-state index in [2.05, 4.69) is 0 Å². The van der Waals surface area contributed by atoms with Crippen LogP contribution in [0.15, 0.2) is 23.1 Å². The molecule has 0 aliphatic rings. The molecule has 1 aromatic carbocycles. The third-order valence-corrected chi connectivity index (χ3v) is 4.12. The first kappa shape index (κ1) is 16.9. The predicted molar refractivity (Wildman–Crippen MR) is 79.6 cm³/mol. The number of carbonyl (C=O) groups is 2. The lowest BCUT2D eigenvalue weighted by atomic mass is 10.2. The van der Waals surface area contributed by atoms with Crippen molar-refractivity contribution in [3.63, 3.8) is 0 Å². The summed E-state index contributed by atoms with van der Waals surface area (Å²) in [6, 6.07) is 4.72. The predicted octanol–water partition coefficient (Wildman–Crippen LogP) is 3.86. The molecule has 0 saturated heterocycles. The lowest BCUT2D eigenvalue weighted by Crippen LogP contribution is -2.20. The van der Waals surface area contributed by atoms with E-state index in [9.17, 15) is 9.59 Å². The minimum absolute atomic E-state index is 0.0378. The minimum Gasteiger partial charge on any atom is -0.478 e. The van der Waals surface area contributed by atoms with Gasteiger partial charge in [0.2, 0.25) is 0 Å². The Morgan fingerprint density at radius 1 is 1.40 bits per heavy atom. The van der Waals surface area contributed by atoms with E-state index in [4.69, 9.17) is 21.4 Å². The molecule has 0 spiro atoms. The standard InChI is InChI=1S/C14H17ClO4S/c1-3-5-12(14(18)19-4-2)20-9-6-7-11(15)10(8-9)13(16)17/h6-8,12H,3-5H2,1-2H3,(H,16,17). The number of halogens is 1. The number of aromatic carboxylic acids is 1. The summed E-state index contributed by atoms with van der Waals surface area (Å²) in [5.41, 5.74) is 0.0378. The first-order chi connectivity index (χ1) is 9.49. The molecular weight excluding hydrogens is 300 g/mol. The van der Waals surface area contributed by atoms with Crippen molar-refractivity contribution in [2.75, 3.05) is 6.61 Å². The molecule has 0 aliphatic heterocycles. The highest BCUT2D eigenvalue weighted by Crippen LogP contribution is 2.30. The maximum Gasteiger partial charge on any atom is 0.337 e. The second-order valence-corrected chi connectivity index (χ2v) is 5.78. The third kappa shape index (κ3) is 4.72. The van der Waals surface area contributed by atoms with Crippen molar-refractivity contribution in [1.29, 1.82) is 0 Å². The molecule has 0 fully saturated rings. The Balaban J connectivity index is 2.90. The highest BCUT2D eigenvalue weighted by atomic mass is 35.5. The van der Waals surface area contributed by atoms with Gasteiger partial charge in [-0.05, 0) is 31.5 Å². The maximum atomic E-state index is 11.8. The molecule has 1 atom stereocenters. The van der Waals surface area contributed by atoms with Crippen LogP contribution in [-0.4, -0.2) is 28.9 Å². The number of rotatable bonds is 7. The van der Waals surface area contributed by atoms with Crippen LogP contribution in [-0.2, 0) is 9.53 Å². The van der Waals surface area contributed by atoms with Crippen LogP contribution in [0.25, 0.3) is 0 Å². The normalized spacial score (nSPS) is 11.9. The molecular formula is C14H17ClO4S. The summed E-state index contributed by atoms with van der Waals surface area (Å²) in [7, 11) is 0. The molecule has 1 aromatic rings. The smallest absolute Gasteiger partial charge is 0.337 e. The van der Waals surface area contributed by atoms with Gasteiger partial charge in [-0.1, -0.05) is 24.9 Å². The summed E-state index contributed by atoms with van der Waals surface area (Å²) in [5.74, 6) is -1.35. The number of carbonyl (C=O) groups excluding carboxylic acids is 1. The summed E-state index contributed by atoms with van der Waals surface area (Å²) in [6.07, 6.45) is 1.52. The molecule has 0 heterocycles. The zero-order valence-electron chi connectivity index (χ0n) is 11.4. The number of hydrogen-bond acceptors (Lipinski definition) is 4. The fourth-order valence-corrected chi connectivity index (χ4v) is 3.01. The SMILES string of the molecule is CCCC(Sc1ccc(Cl)c(C(=O)O)c1)C(=O)OCC. The molecule has 0 radical (unpaired) electrons. The lowest BCUT2D eigenvalue weighted by molar-refractivity contribution is -0.142. The van der Waals surface area contributed by atoms with Crippen molar-refractivity contribution < 1.29 is 19.4 Å². The average molecular weight is 317 g/mol. The number of carboxylic acid groups (broad SMARTS) is 1. The van der Waals surface area contributed by atoms with Gasteiger partial charge in [0.15, 0.2) is 0 Å². The summed E-state index contributed by atoms with van der Waals surface area (Å²) < 4.78 is 5.03. The van der Waals surface area contributed by atoms with Crippen molar-refractivity contribution in [2.24, 2.45) is 0 Å². The molecule has 0 saturated carbocycles. The van der Waals surface area contributed by atoms with Gasteiger partial charge in [0, 0.05) is 4.90 Å². The van der Waals surface area contributed by atoms with E-state index >= 15 is 0 Å². The highest BCUT2D eigenvalue weighted by molar-refractivity contribution is 8.00. The van der Waals surface area contributed by atoms with Gasteiger partial charge in [-0.3, -0.25) is 4.79 Å². The van der Waals surface area contributed by atoms with E-state index < -0.39 is 5.97 Å².